The van der Waals surface area contributed by atoms with Crippen LogP contribution in [0.15, 0.2) is 23.8 Å². The van der Waals surface area contributed by atoms with E-state index in [9.17, 15) is 9.59 Å². The van der Waals surface area contributed by atoms with Gasteiger partial charge in [-0.2, -0.15) is 0 Å². The molecule has 0 aliphatic heterocycles. The molecule has 0 amide bonds. The third-order valence-corrected chi connectivity index (χ3v) is 1.35. The highest BCUT2D eigenvalue weighted by Crippen LogP contribution is 1.91. The summed E-state index contributed by atoms with van der Waals surface area (Å²) < 4.78 is 0. The van der Waals surface area contributed by atoms with Gasteiger partial charge < -0.3 is 4.98 Å². The summed E-state index contributed by atoms with van der Waals surface area (Å²) in [6.07, 6.45) is 4.79. The fourth-order valence-corrected chi connectivity index (χ4v) is 0.758. The van der Waals surface area contributed by atoms with Gasteiger partial charge in [0.05, 0.1) is 5.56 Å². The Balaban J connectivity index is 3.43. The highest BCUT2D eigenvalue weighted by atomic mass is 16.1. The predicted octanol–water partition coefficient (Wildman–Crippen LogP) is 0.830. The molecular weight excluding hydrogens is 142 g/mol. The van der Waals surface area contributed by atoms with Gasteiger partial charge in [-0.05, 0) is 0 Å². The topological polar surface area (TPSA) is 49.9 Å². The minimum Gasteiger partial charge on any atom is -0.366 e. The summed E-state index contributed by atoms with van der Waals surface area (Å²) in [6.45, 7) is 3.43. The largest absolute Gasteiger partial charge is 0.366 e. The molecule has 11 heavy (non-hydrogen) atoms. The van der Waals surface area contributed by atoms with E-state index in [1.165, 1.54) is 18.5 Å². The van der Waals surface area contributed by atoms with Gasteiger partial charge in [-0.1, -0.05) is 12.7 Å². The van der Waals surface area contributed by atoms with Gasteiger partial charge in [0.2, 0.25) is 0 Å². The van der Waals surface area contributed by atoms with Gasteiger partial charge in [-0.15, -0.1) is 0 Å². The Morgan fingerprint density at radius 2 is 2.00 bits per heavy atom. The molecular formula is C8H7NO2. The quantitative estimate of drug-likeness (QED) is 0.633. The maximum Gasteiger partial charge on any atom is 0.199 e. The third-order valence-electron chi connectivity index (χ3n) is 1.35. The fourth-order valence-electron chi connectivity index (χ4n) is 0.758. The second kappa shape index (κ2) is 2.96. The lowest BCUT2D eigenvalue weighted by atomic mass is 10.2. The number of nitrogens with one attached hydrogen (secondary N) is 1. The molecule has 0 fully saturated rings. The normalized spacial score (nSPS) is 9.09. The molecule has 1 heterocycles. The molecule has 0 atom stereocenters. The molecule has 0 aliphatic carbocycles. The van der Waals surface area contributed by atoms with Crippen molar-refractivity contribution in [3.8, 4) is 0 Å². The molecule has 1 rings (SSSR count). The molecule has 0 radical (unpaired) electrons. The van der Waals surface area contributed by atoms with Crippen LogP contribution in [0.4, 0.5) is 0 Å². The van der Waals surface area contributed by atoms with Gasteiger partial charge in [-0.25, -0.2) is 0 Å². The zero-order valence-corrected chi connectivity index (χ0v) is 5.83. The molecule has 3 heteroatoms. The smallest absolute Gasteiger partial charge is 0.199 e. The van der Waals surface area contributed by atoms with Gasteiger partial charge >= 0.3 is 0 Å². The van der Waals surface area contributed by atoms with Gasteiger partial charge in [0.15, 0.2) is 11.7 Å². The number of carbonyl (C=O) groups is 1. The van der Waals surface area contributed by atoms with Crippen LogP contribution in [-0.2, 0) is 0 Å². The first-order valence-electron chi connectivity index (χ1n) is 3.08. The van der Waals surface area contributed by atoms with Crippen LogP contribution in [0.1, 0.15) is 15.9 Å². The first-order chi connectivity index (χ1) is 5.29. The average molecular weight is 149 g/mol. The lowest BCUT2D eigenvalue weighted by Crippen LogP contribution is -2.10. The maximum atomic E-state index is 11.1. The van der Waals surface area contributed by atoms with Gasteiger partial charge in [0.25, 0.3) is 0 Å². The molecule has 1 aromatic rings. The Labute approximate surface area is 63.4 Å². The second-order valence-electron chi connectivity index (χ2n) is 2.02. The number of hydrogen-bond donors (Lipinski definition) is 1. The number of aromatic nitrogens is 1. The maximum absolute atomic E-state index is 11.1. The summed E-state index contributed by atoms with van der Waals surface area (Å²) in [4.78, 5) is 24.0. The van der Waals surface area contributed by atoms with Crippen LogP contribution in [0.25, 0.3) is 6.08 Å². The van der Waals surface area contributed by atoms with Crippen LogP contribution < -0.4 is 5.43 Å². The van der Waals surface area contributed by atoms with Crippen LogP contribution in [0.2, 0.25) is 0 Å². The van der Waals surface area contributed by atoms with Crippen molar-refractivity contribution in [2.45, 2.75) is 0 Å². The van der Waals surface area contributed by atoms with Crippen molar-refractivity contribution >= 4 is 12.4 Å². The molecule has 0 unspecified atom stereocenters. The van der Waals surface area contributed by atoms with Crippen molar-refractivity contribution < 1.29 is 4.79 Å². The summed E-state index contributed by atoms with van der Waals surface area (Å²) in [5.74, 6) is 0. The van der Waals surface area contributed by atoms with Crippen LogP contribution in [0, 0.1) is 0 Å². The SMILES string of the molecule is C=Cc1c[nH]cc(C=O)c1=O. The minimum atomic E-state index is -0.284. The Bertz CT molecular complexity index is 309. The number of hydrogen-bond acceptors (Lipinski definition) is 2. The van der Waals surface area contributed by atoms with E-state index in [1.54, 1.807) is 0 Å². The molecule has 1 aromatic heterocycles. The molecule has 0 bridgehead atoms. The van der Waals surface area contributed by atoms with Gasteiger partial charge in [-0.3, -0.25) is 9.59 Å². The summed E-state index contributed by atoms with van der Waals surface area (Å²) in [7, 11) is 0. The van der Waals surface area contributed by atoms with Gasteiger partial charge in [0.1, 0.15) is 0 Å². The van der Waals surface area contributed by atoms with Crippen molar-refractivity contribution in [3.63, 3.8) is 0 Å². The number of aldehydes is 1. The van der Waals surface area contributed by atoms with Crippen molar-refractivity contribution in [2.75, 3.05) is 0 Å². The van der Waals surface area contributed by atoms with Crippen molar-refractivity contribution in [3.05, 3.63) is 40.3 Å². The molecule has 56 valence electrons. The average Bonchev–Trinajstić information content (AvgIpc) is 2.05. The summed E-state index contributed by atoms with van der Waals surface area (Å²) in [5, 5.41) is 0. The number of H-pyrrole nitrogens is 1. The Kier molecular flexibility index (Phi) is 2.01. The van der Waals surface area contributed by atoms with Crippen LogP contribution >= 0.6 is 0 Å². The molecule has 3 nitrogen and oxygen atoms in total. The predicted molar refractivity (Wildman–Crippen MR) is 42.5 cm³/mol. The van der Waals surface area contributed by atoms with Crippen LogP contribution in [-0.4, -0.2) is 11.3 Å². The van der Waals surface area contributed by atoms with Crippen molar-refractivity contribution in [1.82, 2.24) is 4.98 Å². The molecule has 0 spiro atoms. The number of pyridine rings is 1. The molecule has 0 saturated carbocycles. The van der Waals surface area contributed by atoms with Crippen LogP contribution in [0.3, 0.4) is 0 Å². The van der Waals surface area contributed by atoms with E-state index < -0.39 is 0 Å². The monoisotopic (exact) mass is 149 g/mol. The van der Waals surface area contributed by atoms with Crippen LogP contribution in [0.5, 0.6) is 0 Å². The molecule has 0 saturated heterocycles. The van der Waals surface area contributed by atoms with E-state index in [2.05, 4.69) is 11.6 Å². The van der Waals surface area contributed by atoms with Crippen molar-refractivity contribution in [2.24, 2.45) is 0 Å². The van der Waals surface area contributed by atoms with E-state index in [0.717, 1.165) is 0 Å². The number of carbonyl (C=O) groups excluding carboxylic acids is 1. The fraction of sp³-hybridized carbons (Fsp3) is 0. The summed E-state index contributed by atoms with van der Waals surface area (Å²) >= 11 is 0. The van der Waals surface area contributed by atoms with Gasteiger partial charge in [0, 0.05) is 18.0 Å². The third kappa shape index (κ3) is 1.26. The highest BCUT2D eigenvalue weighted by molar-refractivity contribution is 5.75. The molecule has 0 aliphatic rings. The summed E-state index contributed by atoms with van der Waals surface area (Å²) in [6, 6.07) is 0. The van der Waals surface area contributed by atoms with E-state index in [4.69, 9.17) is 0 Å². The second-order valence-corrected chi connectivity index (χ2v) is 2.02. The van der Waals surface area contributed by atoms with E-state index >= 15 is 0 Å². The lowest BCUT2D eigenvalue weighted by Gasteiger charge is -1.91. The summed E-state index contributed by atoms with van der Waals surface area (Å²) in [5.41, 5.74) is 0.255. The number of rotatable bonds is 2. The molecule has 0 aromatic carbocycles. The van der Waals surface area contributed by atoms with E-state index in [1.807, 2.05) is 0 Å². The highest BCUT2D eigenvalue weighted by Gasteiger charge is 1.99. The Morgan fingerprint density at radius 3 is 2.55 bits per heavy atom. The first-order valence-corrected chi connectivity index (χ1v) is 3.08. The van der Waals surface area contributed by atoms with Crippen molar-refractivity contribution in [1.29, 1.82) is 0 Å². The Morgan fingerprint density at radius 1 is 1.36 bits per heavy atom. The number of aromatic amines is 1. The van der Waals surface area contributed by atoms with E-state index in [0.29, 0.717) is 11.8 Å². The van der Waals surface area contributed by atoms with E-state index in [-0.39, 0.29) is 11.0 Å². The zero-order valence-electron chi connectivity index (χ0n) is 5.83. The standard InChI is InChI=1S/C8H7NO2/c1-2-6-3-9-4-7(5-10)8(6)11/h2-5H,1H2,(H,9,11). The lowest BCUT2D eigenvalue weighted by molar-refractivity contribution is 0.112. The first kappa shape index (κ1) is 7.47. The Hall–Kier alpha value is -1.64. The zero-order chi connectivity index (χ0) is 8.27. The minimum absolute atomic E-state index is 0.127. The molecule has 1 N–H and O–H groups in total.